The smallest absolute Gasteiger partial charge is 0.0467 e. The molecule has 1 aromatic rings. The van der Waals surface area contributed by atoms with Crippen LogP contribution in [-0.2, 0) is 6.42 Å². The highest BCUT2D eigenvalue weighted by molar-refractivity contribution is 9.09. The van der Waals surface area contributed by atoms with Gasteiger partial charge in [-0.3, -0.25) is 0 Å². The maximum Gasteiger partial charge on any atom is 0.0467 e. The van der Waals surface area contributed by atoms with Gasteiger partial charge in [0.05, 0.1) is 0 Å². The van der Waals surface area contributed by atoms with Crippen molar-refractivity contribution in [2.45, 2.75) is 6.42 Å². The van der Waals surface area contributed by atoms with Gasteiger partial charge in [-0.1, -0.05) is 50.7 Å². The lowest BCUT2D eigenvalue weighted by atomic mass is 10.2. The van der Waals surface area contributed by atoms with Crippen LogP contribution in [0.25, 0.3) is 0 Å². The topological polar surface area (TPSA) is 0 Å². The zero-order chi connectivity index (χ0) is 9.14. The van der Waals surface area contributed by atoms with Crippen molar-refractivity contribution in [3.05, 3.63) is 32.8 Å². The first-order valence-electron chi connectivity index (χ1n) is 3.34. The summed E-state index contributed by atoms with van der Waals surface area (Å²) in [4.78, 5) is 0. The summed E-state index contributed by atoms with van der Waals surface area (Å²) in [6.45, 7) is 0. The highest BCUT2D eigenvalue weighted by Gasteiger charge is 2.06. The van der Waals surface area contributed by atoms with Crippen LogP contribution < -0.4 is 0 Å². The number of hydrogen-bond donors (Lipinski definition) is 0. The predicted octanol–water partition coefficient (Wildman–Crippen LogP) is 4.58. The van der Waals surface area contributed by atoms with Crippen LogP contribution in [-0.4, -0.2) is 5.33 Å². The fraction of sp³-hybridized carbons (Fsp3) is 0.250. The Bertz CT molecular complexity index is 263. The first-order chi connectivity index (χ1) is 5.65. The molecule has 0 fully saturated rings. The molecule has 4 heteroatoms. The first-order valence-corrected chi connectivity index (χ1v) is 5.60. The van der Waals surface area contributed by atoms with Crippen LogP contribution in [0.15, 0.2) is 12.1 Å². The zero-order valence-corrected chi connectivity index (χ0v) is 9.93. The molecular formula is C8H6BrCl3. The Morgan fingerprint density at radius 1 is 1.08 bits per heavy atom. The van der Waals surface area contributed by atoms with Gasteiger partial charge in [0.25, 0.3) is 0 Å². The lowest BCUT2D eigenvalue weighted by Crippen LogP contribution is -1.88. The number of hydrogen-bond acceptors (Lipinski definition) is 0. The van der Waals surface area contributed by atoms with E-state index in [0.717, 1.165) is 17.3 Å². The Hall–Kier alpha value is 0.570. The maximum absolute atomic E-state index is 5.92. The molecule has 1 aromatic carbocycles. The van der Waals surface area contributed by atoms with Gasteiger partial charge in [0, 0.05) is 20.4 Å². The number of halogens is 4. The van der Waals surface area contributed by atoms with E-state index >= 15 is 0 Å². The standard InChI is InChI=1S/C8H6BrCl3/c9-2-1-6-7(11)3-5(10)4-8(6)12/h3-4H,1-2H2. The lowest BCUT2D eigenvalue weighted by Gasteiger charge is -2.04. The Morgan fingerprint density at radius 3 is 2.00 bits per heavy atom. The highest BCUT2D eigenvalue weighted by Crippen LogP contribution is 2.29. The van der Waals surface area contributed by atoms with E-state index in [9.17, 15) is 0 Å². The lowest BCUT2D eigenvalue weighted by molar-refractivity contribution is 1.17. The van der Waals surface area contributed by atoms with Crippen molar-refractivity contribution in [2.75, 3.05) is 5.33 Å². The van der Waals surface area contributed by atoms with E-state index < -0.39 is 0 Å². The molecule has 0 bridgehead atoms. The molecule has 0 aliphatic carbocycles. The van der Waals surface area contributed by atoms with E-state index in [4.69, 9.17) is 34.8 Å². The van der Waals surface area contributed by atoms with Gasteiger partial charge in [-0.25, -0.2) is 0 Å². The van der Waals surface area contributed by atoms with Crippen LogP contribution in [0.4, 0.5) is 0 Å². The molecule has 1 rings (SSSR count). The van der Waals surface area contributed by atoms with Gasteiger partial charge in [0.2, 0.25) is 0 Å². The van der Waals surface area contributed by atoms with Crippen molar-refractivity contribution >= 4 is 50.7 Å². The van der Waals surface area contributed by atoms with Crippen molar-refractivity contribution < 1.29 is 0 Å². The molecule has 66 valence electrons. The molecule has 0 aromatic heterocycles. The molecule has 0 atom stereocenters. The number of alkyl halides is 1. The van der Waals surface area contributed by atoms with E-state index in [0.29, 0.717) is 15.1 Å². The highest BCUT2D eigenvalue weighted by atomic mass is 79.9. The Labute approximate surface area is 94.9 Å². The van der Waals surface area contributed by atoms with Crippen LogP contribution in [0, 0.1) is 0 Å². The van der Waals surface area contributed by atoms with E-state index in [1.807, 2.05) is 0 Å². The van der Waals surface area contributed by atoms with Crippen LogP contribution in [0.1, 0.15) is 5.56 Å². The van der Waals surface area contributed by atoms with Gasteiger partial charge in [-0.05, 0) is 24.1 Å². The van der Waals surface area contributed by atoms with E-state index in [-0.39, 0.29) is 0 Å². The third-order valence-corrected chi connectivity index (χ3v) is 2.74. The summed E-state index contributed by atoms with van der Waals surface area (Å²) < 4.78 is 0. The third kappa shape index (κ3) is 2.53. The molecular weight excluding hydrogens is 282 g/mol. The van der Waals surface area contributed by atoms with E-state index in [1.165, 1.54) is 0 Å². The molecule has 0 amide bonds. The van der Waals surface area contributed by atoms with Crippen LogP contribution in [0.5, 0.6) is 0 Å². The minimum Gasteiger partial charge on any atom is -0.0924 e. The number of rotatable bonds is 2. The fourth-order valence-electron chi connectivity index (χ4n) is 0.905. The summed E-state index contributed by atoms with van der Waals surface area (Å²) in [5.41, 5.74) is 0.944. The van der Waals surface area contributed by atoms with Gasteiger partial charge < -0.3 is 0 Å². The van der Waals surface area contributed by atoms with E-state index in [2.05, 4.69) is 15.9 Å². The molecule has 0 nitrogen and oxygen atoms in total. The predicted molar refractivity (Wildman–Crippen MR) is 59.0 cm³/mol. The molecule has 0 N–H and O–H groups in total. The average Bonchev–Trinajstić information content (AvgIpc) is 1.96. The second-order valence-electron chi connectivity index (χ2n) is 2.29. The maximum atomic E-state index is 5.92. The van der Waals surface area contributed by atoms with Crippen molar-refractivity contribution in [3.8, 4) is 0 Å². The van der Waals surface area contributed by atoms with Gasteiger partial charge in [0.1, 0.15) is 0 Å². The Kier molecular flexibility index (Phi) is 4.18. The summed E-state index contributed by atoms with van der Waals surface area (Å²) in [6, 6.07) is 3.40. The SMILES string of the molecule is Clc1cc(Cl)c(CCBr)c(Cl)c1. The van der Waals surface area contributed by atoms with Crippen molar-refractivity contribution in [3.63, 3.8) is 0 Å². The first kappa shape index (κ1) is 10.6. The number of benzene rings is 1. The minimum atomic E-state index is 0.573. The molecule has 0 heterocycles. The quantitative estimate of drug-likeness (QED) is 0.699. The second-order valence-corrected chi connectivity index (χ2v) is 4.33. The summed E-state index contributed by atoms with van der Waals surface area (Å²) in [6.07, 6.45) is 0.814. The molecule has 0 saturated heterocycles. The summed E-state index contributed by atoms with van der Waals surface area (Å²) >= 11 is 20.9. The molecule has 0 aliphatic rings. The van der Waals surface area contributed by atoms with Crippen molar-refractivity contribution in [2.24, 2.45) is 0 Å². The van der Waals surface area contributed by atoms with Gasteiger partial charge >= 0.3 is 0 Å². The zero-order valence-electron chi connectivity index (χ0n) is 6.08. The largest absolute Gasteiger partial charge is 0.0924 e. The van der Waals surface area contributed by atoms with Crippen LogP contribution in [0.3, 0.4) is 0 Å². The average molecular weight is 288 g/mol. The second kappa shape index (κ2) is 4.71. The van der Waals surface area contributed by atoms with Gasteiger partial charge in [-0.2, -0.15) is 0 Å². The van der Waals surface area contributed by atoms with Gasteiger partial charge in [-0.15, -0.1) is 0 Å². The molecule has 12 heavy (non-hydrogen) atoms. The molecule has 0 saturated carbocycles. The normalized spacial score (nSPS) is 10.3. The van der Waals surface area contributed by atoms with Gasteiger partial charge in [0.15, 0.2) is 0 Å². The van der Waals surface area contributed by atoms with Crippen LogP contribution >= 0.6 is 50.7 Å². The Morgan fingerprint density at radius 2 is 1.58 bits per heavy atom. The molecule has 0 radical (unpaired) electrons. The molecule has 0 aliphatic heterocycles. The summed E-state index contributed by atoms with van der Waals surface area (Å²) in [5.74, 6) is 0. The van der Waals surface area contributed by atoms with Crippen LogP contribution in [0.2, 0.25) is 15.1 Å². The monoisotopic (exact) mass is 286 g/mol. The van der Waals surface area contributed by atoms with Crippen molar-refractivity contribution in [1.29, 1.82) is 0 Å². The Balaban J connectivity index is 3.10. The minimum absolute atomic E-state index is 0.573. The fourth-order valence-corrected chi connectivity index (χ4v) is 2.31. The van der Waals surface area contributed by atoms with E-state index in [1.54, 1.807) is 12.1 Å². The van der Waals surface area contributed by atoms with Crippen molar-refractivity contribution in [1.82, 2.24) is 0 Å². The molecule has 0 spiro atoms. The molecule has 0 unspecified atom stereocenters. The summed E-state index contributed by atoms with van der Waals surface area (Å²) in [7, 11) is 0. The third-order valence-electron chi connectivity index (χ3n) is 1.45. The summed E-state index contributed by atoms with van der Waals surface area (Å²) in [5, 5.41) is 2.68.